The number of rotatable bonds is 3. The molecule has 4 rings (SSSR count). The van der Waals surface area contributed by atoms with Gasteiger partial charge in [-0.25, -0.2) is 18.7 Å². The summed E-state index contributed by atoms with van der Waals surface area (Å²) in [4.78, 5) is 19.7. The lowest BCUT2D eigenvalue weighted by Crippen LogP contribution is -2.49. The van der Waals surface area contributed by atoms with E-state index in [4.69, 9.17) is 9.84 Å². The van der Waals surface area contributed by atoms with E-state index in [1.165, 1.54) is 23.5 Å². The number of anilines is 1. The number of hydrogen-bond acceptors (Lipinski definition) is 6. The van der Waals surface area contributed by atoms with E-state index >= 15 is 0 Å². The molecule has 0 aliphatic carbocycles. The van der Waals surface area contributed by atoms with Gasteiger partial charge in [0.2, 0.25) is 10.1 Å². The maximum Gasteiger partial charge on any atom is 0.407 e. The Balaban J connectivity index is 1.41. The summed E-state index contributed by atoms with van der Waals surface area (Å²) in [6, 6.07) is 6.60. The molecule has 30 heavy (non-hydrogen) atoms. The molecule has 2 unspecified atom stereocenters. The highest BCUT2D eigenvalue weighted by molar-refractivity contribution is 7.20. The average Bonchev–Trinajstić information content (AvgIpc) is 3.19. The summed E-state index contributed by atoms with van der Waals surface area (Å²) in [6.07, 6.45) is 3.15. The Kier molecular flexibility index (Phi) is 5.40. The summed E-state index contributed by atoms with van der Waals surface area (Å²) < 4.78 is 20.3. The minimum Gasteiger partial charge on any atom is -0.444 e. The Bertz CT molecular complexity index is 1010. The van der Waals surface area contributed by atoms with Crippen molar-refractivity contribution < 1.29 is 13.9 Å². The van der Waals surface area contributed by atoms with Crippen molar-refractivity contribution in [1.29, 1.82) is 0 Å². The largest absolute Gasteiger partial charge is 0.444 e. The summed E-state index contributed by atoms with van der Waals surface area (Å²) in [7, 11) is 0. The first-order valence-corrected chi connectivity index (χ1v) is 10.9. The van der Waals surface area contributed by atoms with Crippen molar-refractivity contribution in [2.75, 3.05) is 11.4 Å². The molecule has 1 saturated heterocycles. The number of imidazole rings is 1. The van der Waals surface area contributed by atoms with E-state index in [-0.39, 0.29) is 24.0 Å². The predicted molar refractivity (Wildman–Crippen MR) is 115 cm³/mol. The Morgan fingerprint density at radius 2 is 2.03 bits per heavy atom. The number of alkyl carbamates (subject to hydrolysis) is 1. The number of fused-ring (bicyclic) bond motifs is 1. The molecule has 3 aromatic rings. The van der Waals surface area contributed by atoms with Crippen LogP contribution in [0.3, 0.4) is 0 Å². The van der Waals surface area contributed by atoms with Crippen molar-refractivity contribution in [1.82, 2.24) is 19.9 Å². The molecule has 0 saturated carbocycles. The predicted octanol–water partition coefficient (Wildman–Crippen LogP) is 4.48. The Morgan fingerprint density at radius 3 is 2.67 bits per heavy atom. The first-order valence-electron chi connectivity index (χ1n) is 10.1. The standard InChI is InChI=1S/C21H26FN5O2S/c1-13-11-16(23-20(28)29-21(2,3)4)9-10-26(13)19-25-27-12-17(24-18(27)30-19)14-5-7-15(22)8-6-14/h5-8,12-13,16H,9-11H2,1-4H3,(H,23,28). The number of nitrogens with zero attached hydrogens (tertiary/aromatic N) is 4. The van der Waals surface area contributed by atoms with Gasteiger partial charge >= 0.3 is 6.09 Å². The molecule has 160 valence electrons. The minimum atomic E-state index is -0.501. The van der Waals surface area contributed by atoms with E-state index in [1.807, 2.05) is 27.0 Å². The van der Waals surface area contributed by atoms with Crippen LogP contribution in [-0.2, 0) is 4.74 Å². The van der Waals surface area contributed by atoms with Gasteiger partial charge in [-0.15, -0.1) is 5.10 Å². The van der Waals surface area contributed by atoms with E-state index in [1.54, 1.807) is 16.6 Å². The molecule has 7 nitrogen and oxygen atoms in total. The molecular formula is C21H26FN5O2S. The number of nitrogens with one attached hydrogen (secondary N) is 1. The fourth-order valence-electron chi connectivity index (χ4n) is 3.63. The van der Waals surface area contributed by atoms with Gasteiger partial charge in [-0.05, 0) is 64.8 Å². The molecule has 1 amide bonds. The maximum absolute atomic E-state index is 13.1. The van der Waals surface area contributed by atoms with Gasteiger partial charge in [0.15, 0.2) is 0 Å². The molecular weight excluding hydrogens is 405 g/mol. The molecule has 3 heterocycles. The van der Waals surface area contributed by atoms with Crippen molar-refractivity contribution in [2.45, 2.75) is 58.2 Å². The van der Waals surface area contributed by atoms with Gasteiger partial charge in [0, 0.05) is 24.2 Å². The van der Waals surface area contributed by atoms with Crippen LogP contribution < -0.4 is 10.2 Å². The van der Waals surface area contributed by atoms with Crippen LogP contribution in [0.15, 0.2) is 30.5 Å². The van der Waals surface area contributed by atoms with Crippen molar-refractivity contribution in [3.63, 3.8) is 0 Å². The van der Waals surface area contributed by atoms with Crippen LogP contribution in [0.4, 0.5) is 14.3 Å². The second-order valence-electron chi connectivity index (χ2n) is 8.65. The van der Waals surface area contributed by atoms with Crippen LogP contribution in [0.2, 0.25) is 0 Å². The zero-order chi connectivity index (χ0) is 21.5. The normalized spacial score (nSPS) is 19.8. The Hall–Kier alpha value is -2.68. The van der Waals surface area contributed by atoms with Crippen molar-refractivity contribution in [2.24, 2.45) is 0 Å². The number of halogens is 1. The number of hydrogen-bond donors (Lipinski definition) is 1. The third-order valence-corrected chi connectivity index (χ3v) is 5.97. The highest BCUT2D eigenvalue weighted by Gasteiger charge is 2.30. The Morgan fingerprint density at radius 1 is 1.30 bits per heavy atom. The molecule has 1 fully saturated rings. The van der Waals surface area contributed by atoms with E-state index in [2.05, 4.69) is 22.1 Å². The molecule has 0 bridgehead atoms. The van der Waals surface area contributed by atoms with Gasteiger partial charge in [0.25, 0.3) is 0 Å². The maximum atomic E-state index is 13.1. The van der Waals surface area contributed by atoms with Crippen LogP contribution in [0, 0.1) is 5.82 Å². The number of piperidine rings is 1. The van der Waals surface area contributed by atoms with E-state index in [0.29, 0.717) is 0 Å². The summed E-state index contributed by atoms with van der Waals surface area (Å²) in [5.41, 5.74) is 1.13. The number of ether oxygens (including phenoxy) is 1. The zero-order valence-corrected chi connectivity index (χ0v) is 18.4. The second-order valence-corrected chi connectivity index (χ2v) is 9.59. The molecule has 0 spiro atoms. The van der Waals surface area contributed by atoms with Gasteiger partial charge in [0.1, 0.15) is 11.4 Å². The average molecular weight is 432 g/mol. The lowest BCUT2D eigenvalue weighted by molar-refractivity contribution is 0.0494. The number of carbonyl (C=O) groups excluding carboxylic acids is 1. The van der Waals surface area contributed by atoms with E-state index < -0.39 is 5.60 Å². The third-order valence-electron chi connectivity index (χ3n) is 5.02. The van der Waals surface area contributed by atoms with Crippen LogP contribution in [0.1, 0.15) is 40.5 Å². The van der Waals surface area contributed by atoms with Gasteiger partial charge in [0.05, 0.1) is 11.9 Å². The van der Waals surface area contributed by atoms with Crippen molar-refractivity contribution in [3.05, 3.63) is 36.3 Å². The monoisotopic (exact) mass is 431 g/mol. The van der Waals surface area contributed by atoms with Crippen LogP contribution in [-0.4, -0.2) is 44.9 Å². The zero-order valence-electron chi connectivity index (χ0n) is 17.6. The number of carbonyl (C=O) groups is 1. The van der Waals surface area contributed by atoms with Gasteiger partial charge in [-0.3, -0.25) is 0 Å². The quantitative estimate of drug-likeness (QED) is 0.662. The van der Waals surface area contributed by atoms with Crippen molar-refractivity contribution >= 4 is 27.5 Å². The molecule has 0 radical (unpaired) electrons. The molecule has 1 aliphatic rings. The smallest absolute Gasteiger partial charge is 0.407 e. The van der Waals surface area contributed by atoms with Gasteiger partial charge in [-0.1, -0.05) is 11.3 Å². The topological polar surface area (TPSA) is 71.8 Å². The molecule has 1 aliphatic heterocycles. The summed E-state index contributed by atoms with van der Waals surface area (Å²) in [5.74, 6) is -0.265. The molecule has 2 atom stereocenters. The number of amides is 1. The fraction of sp³-hybridized carbons (Fsp3) is 0.476. The summed E-state index contributed by atoms with van der Waals surface area (Å²) in [6.45, 7) is 8.51. The van der Waals surface area contributed by atoms with Gasteiger partial charge < -0.3 is 15.0 Å². The van der Waals surface area contributed by atoms with Crippen LogP contribution in [0.5, 0.6) is 0 Å². The fourth-order valence-corrected chi connectivity index (χ4v) is 4.64. The highest BCUT2D eigenvalue weighted by Crippen LogP contribution is 2.31. The number of aromatic nitrogens is 3. The SMILES string of the molecule is CC1CC(NC(=O)OC(C)(C)C)CCN1c1nn2cc(-c3ccc(F)cc3)nc2s1. The second kappa shape index (κ2) is 7.86. The van der Waals surface area contributed by atoms with Crippen LogP contribution in [0.25, 0.3) is 16.2 Å². The minimum absolute atomic E-state index is 0.0835. The van der Waals surface area contributed by atoms with Crippen molar-refractivity contribution in [3.8, 4) is 11.3 Å². The number of benzene rings is 1. The highest BCUT2D eigenvalue weighted by atomic mass is 32.1. The van der Waals surface area contributed by atoms with Gasteiger partial charge in [-0.2, -0.15) is 0 Å². The van der Waals surface area contributed by atoms with E-state index in [0.717, 1.165) is 40.7 Å². The Labute approximate surface area is 178 Å². The van der Waals surface area contributed by atoms with Crippen LogP contribution >= 0.6 is 11.3 Å². The first kappa shape index (κ1) is 20.6. The molecule has 9 heteroatoms. The lowest BCUT2D eigenvalue weighted by Gasteiger charge is -2.37. The molecule has 1 aromatic carbocycles. The summed E-state index contributed by atoms with van der Waals surface area (Å²) in [5, 5.41) is 8.59. The molecule has 1 N–H and O–H groups in total. The third kappa shape index (κ3) is 4.56. The first-order chi connectivity index (χ1) is 14.2. The summed E-state index contributed by atoms with van der Waals surface area (Å²) >= 11 is 1.53. The lowest BCUT2D eigenvalue weighted by atomic mass is 9.99. The molecule has 2 aromatic heterocycles. The van der Waals surface area contributed by atoms with E-state index in [9.17, 15) is 9.18 Å².